The molecule has 0 amide bonds. The minimum absolute atomic E-state index is 0.208. The maximum Gasteiger partial charge on any atom is 0.200 e. The molecule has 1 aromatic rings. The fourth-order valence-corrected chi connectivity index (χ4v) is 1.64. The van der Waals surface area contributed by atoms with Crippen molar-refractivity contribution < 1.29 is 27.1 Å². The van der Waals surface area contributed by atoms with Crippen molar-refractivity contribution in [2.45, 2.75) is 25.0 Å². The Morgan fingerprint density at radius 3 is 1.65 bits per heavy atom. The van der Waals surface area contributed by atoms with Crippen LogP contribution in [0.2, 0.25) is 0 Å². The van der Waals surface area contributed by atoms with E-state index in [1.165, 1.54) is 0 Å². The Hall–Kier alpha value is -1.37. The Morgan fingerprint density at radius 2 is 1.24 bits per heavy atom. The van der Waals surface area contributed by atoms with Crippen LogP contribution in [0.1, 0.15) is 12.8 Å². The van der Waals surface area contributed by atoms with Crippen molar-refractivity contribution in [1.29, 1.82) is 0 Å². The molecular formula is C10H8F5NO. The second kappa shape index (κ2) is 4.14. The average molecular weight is 253 g/mol. The van der Waals surface area contributed by atoms with Gasteiger partial charge in [0.1, 0.15) is 5.69 Å². The standard InChI is InChI=1S/C10H8F5NO/c11-5-6(12)8(14)10(9(15)7(5)13)16-3-1-4(17)2-3/h3-4,16-17H,1-2H2. The predicted octanol–water partition coefficient (Wildman–Crippen LogP) is 2.32. The molecule has 2 rings (SSSR count). The van der Waals surface area contributed by atoms with Crippen molar-refractivity contribution in [3.8, 4) is 0 Å². The van der Waals surface area contributed by atoms with Gasteiger partial charge < -0.3 is 10.4 Å². The van der Waals surface area contributed by atoms with Gasteiger partial charge in [0.25, 0.3) is 0 Å². The molecule has 0 heterocycles. The first-order chi connectivity index (χ1) is 7.91. The maximum atomic E-state index is 13.2. The van der Waals surface area contributed by atoms with Gasteiger partial charge in [-0.3, -0.25) is 0 Å². The van der Waals surface area contributed by atoms with Crippen LogP contribution in [0.5, 0.6) is 0 Å². The van der Waals surface area contributed by atoms with E-state index < -0.39 is 46.9 Å². The zero-order valence-corrected chi connectivity index (χ0v) is 8.41. The fraction of sp³-hybridized carbons (Fsp3) is 0.400. The Labute approximate surface area is 93.1 Å². The van der Waals surface area contributed by atoms with E-state index in [1.807, 2.05) is 0 Å². The fourth-order valence-electron chi connectivity index (χ4n) is 1.64. The summed E-state index contributed by atoms with van der Waals surface area (Å²) in [7, 11) is 0. The molecule has 0 atom stereocenters. The molecule has 0 saturated heterocycles. The number of hydrogen-bond acceptors (Lipinski definition) is 2. The quantitative estimate of drug-likeness (QED) is 0.481. The third-order valence-electron chi connectivity index (χ3n) is 2.67. The predicted molar refractivity (Wildman–Crippen MR) is 48.9 cm³/mol. The van der Waals surface area contributed by atoms with Gasteiger partial charge in [0.15, 0.2) is 23.3 Å². The molecule has 1 saturated carbocycles. The number of benzene rings is 1. The molecule has 1 aliphatic carbocycles. The van der Waals surface area contributed by atoms with Crippen molar-refractivity contribution >= 4 is 5.69 Å². The Balaban J connectivity index is 2.33. The van der Waals surface area contributed by atoms with E-state index in [4.69, 9.17) is 5.11 Å². The van der Waals surface area contributed by atoms with Gasteiger partial charge in [-0.15, -0.1) is 0 Å². The summed E-state index contributed by atoms with van der Waals surface area (Å²) in [6.45, 7) is 0. The first-order valence-electron chi connectivity index (χ1n) is 4.87. The maximum absolute atomic E-state index is 13.2. The van der Waals surface area contributed by atoms with Crippen molar-refractivity contribution in [1.82, 2.24) is 0 Å². The molecule has 2 N–H and O–H groups in total. The van der Waals surface area contributed by atoms with Gasteiger partial charge in [-0.2, -0.15) is 0 Å². The topological polar surface area (TPSA) is 32.3 Å². The van der Waals surface area contributed by atoms with Crippen LogP contribution in [0.15, 0.2) is 0 Å². The third kappa shape index (κ3) is 1.95. The molecule has 17 heavy (non-hydrogen) atoms. The molecule has 0 spiro atoms. The molecule has 1 aromatic carbocycles. The lowest BCUT2D eigenvalue weighted by atomic mass is 9.89. The minimum atomic E-state index is -2.18. The van der Waals surface area contributed by atoms with Gasteiger partial charge in [0.05, 0.1) is 6.10 Å². The summed E-state index contributed by atoms with van der Waals surface area (Å²) in [4.78, 5) is 0. The van der Waals surface area contributed by atoms with Crippen LogP contribution in [-0.2, 0) is 0 Å². The van der Waals surface area contributed by atoms with Gasteiger partial charge in [0, 0.05) is 6.04 Å². The van der Waals surface area contributed by atoms with Crippen molar-refractivity contribution in [2.24, 2.45) is 0 Å². The second-order valence-corrected chi connectivity index (χ2v) is 3.91. The van der Waals surface area contributed by atoms with Crippen LogP contribution in [0.4, 0.5) is 27.6 Å². The normalized spacial score (nSPS) is 23.4. The van der Waals surface area contributed by atoms with E-state index in [1.54, 1.807) is 0 Å². The van der Waals surface area contributed by atoms with E-state index in [0.29, 0.717) is 0 Å². The minimum Gasteiger partial charge on any atom is -0.393 e. The number of anilines is 1. The van der Waals surface area contributed by atoms with Crippen LogP contribution < -0.4 is 5.32 Å². The molecule has 0 radical (unpaired) electrons. The number of rotatable bonds is 2. The molecule has 2 nitrogen and oxygen atoms in total. The van der Waals surface area contributed by atoms with E-state index >= 15 is 0 Å². The highest BCUT2D eigenvalue weighted by Gasteiger charge is 2.31. The second-order valence-electron chi connectivity index (χ2n) is 3.91. The molecule has 0 unspecified atom stereocenters. The highest BCUT2D eigenvalue weighted by Crippen LogP contribution is 2.31. The Morgan fingerprint density at radius 1 is 0.824 bits per heavy atom. The molecule has 1 fully saturated rings. The molecule has 7 heteroatoms. The monoisotopic (exact) mass is 253 g/mol. The number of hydrogen-bond donors (Lipinski definition) is 2. The lowest BCUT2D eigenvalue weighted by molar-refractivity contribution is 0.0833. The lowest BCUT2D eigenvalue weighted by Gasteiger charge is -2.33. The number of nitrogens with one attached hydrogen (secondary N) is 1. The largest absolute Gasteiger partial charge is 0.393 e. The van der Waals surface area contributed by atoms with Gasteiger partial charge in [-0.25, -0.2) is 22.0 Å². The summed E-state index contributed by atoms with van der Waals surface area (Å²) in [6, 6.07) is -0.488. The summed E-state index contributed by atoms with van der Waals surface area (Å²) in [5, 5.41) is 11.2. The summed E-state index contributed by atoms with van der Waals surface area (Å²) in [5.74, 6) is -9.91. The molecule has 0 aromatic heterocycles. The van der Waals surface area contributed by atoms with E-state index in [2.05, 4.69) is 5.32 Å². The molecular weight excluding hydrogens is 245 g/mol. The van der Waals surface area contributed by atoms with Crippen LogP contribution >= 0.6 is 0 Å². The van der Waals surface area contributed by atoms with Crippen molar-refractivity contribution in [3.63, 3.8) is 0 Å². The number of halogens is 5. The van der Waals surface area contributed by atoms with Gasteiger partial charge in [-0.05, 0) is 12.8 Å². The molecule has 0 bridgehead atoms. The van der Waals surface area contributed by atoms with Crippen molar-refractivity contribution in [3.05, 3.63) is 29.1 Å². The molecule has 1 aliphatic rings. The SMILES string of the molecule is OC1CC(Nc2c(F)c(F)c(F)c(F)c2F)C1. The summed E-state index contributed by atoms with van der Waals surface area (Å²) >= 11 is 0. The smallest absolute Gasteiger partial charge is 0.200 e. The highest BCUT2D eigenvalue weighted by atomic mass is 19.2. The van der Waals surface area contributed by atoms with Gasteiger partial charge in [-0.1, -0.05) is 0 Å². The summed E-state index contributed by atoms with van der Waals surface area (Å²) in [6.07, 6.45) is -0.187. The van der Waals surface area contributed by atoms with Crippen LogP contribution in [0.3, 0.4) is 0 Å². The van der Waals surface area contributed by atoms with Crippen molar-refractivity contribution in [2.75, 3.05) is 5.32 Å². The summed E-state index contributed by atoms with van der Waals surface area (Å²) < 4.78 is 64.6. The highest BCUT2D eigenvalue weighted by molar-refractivity contribution is 5.49. The first-order valence-corrected chi connectivity index (χ1v) is 4.87. The first kappa shape index (κ1) is 12.1. The average Bonchev–Trinajstić information content (AvgIpc) is 2.27. The zero-order chi connectivity index (χ0) is 12.7. The van der Waals surface area contributed by atoms with Crippen LogP contribution in [-0.4, -0.2) is 17.3 Å². The van der Waals surface area contributed by atoms with Gasteiger partial charge >= 0.3 is 0 Å². The van der Waals surface area contributed by atoms with E-state index in [-0.39, 0.29) is 12.8 Å². The van der Waals surface area contributed by atoms with Crippen LogP contribution in [0.25, 0.3) is 0 Å². The van der Waals surface area contributed by atoms with E-state index in [9.17, 15) is 22.0 Å². The molecule has 94 valence electrons. The van der Waals surface area contributed by atoms with Gasteiger partial charge in [0.2, 0.25) is 5.82 Å². The van der Waals surface area contributed by atoms with Crippen LogP contribution in [0, 0.1) is 29.1 Å². The third-order valence-corrected chi connectivity index (χ3v) is 2.67. The Bertz CT molecular complexity index is 429. The molecule has 0 aliphatic heterocycles. The Kier molecular flexibility index (Phi) is 2.94. The van der Waals surface area contributed by atoms with E-state index in [0.717, 1.165) is 0 Å². The number of aliphatic hydroxyl groups is 1. The number of aliphatic hydroxyl groups excluding tert-OH is 1. The zero-order valence-electron chi connectivity index (χ0n) is 8.41. The summed E-state index contributed by atoms with van der Waals surface area (Å²) in [5.41, 5.74) is -1.04. The lowest BCUT2D eigenvalue weighted by Crippen LogP contribution is -2.39.